The van der Waals surface area contributed by atoms with Crippen molar-refractivity contribution in [2.24, 2.45) is 5.73 Å². The number of hydrogen-bond donors (Lipinski definition) is 2. The van der Waals surface area contributed by atoms with Crippen LogP contribution < -0.4 is 5.73 Å². The molecule has 0 bridgehead atoms. The lowest BCUT2D eigenvalue weighted by molar-refractivity contribution is 0.414. The second-order valence-electron chi connectivity index (χ2n) is 2.95. The number of hydrogen-bond acceptors (Lipinski definition) is 2. The van der Waals surface area contributed by atoms with Gasteiger partial charge < -0.3 is 10.8 Å². The van der Waals surface area contributed by atoms with Crippen molar-refractivity contribution in [1.29, 1.82) is 0 Å². The lowest BCUT2D eigenvalue weighted by Gasteiger charge is -2.11. The van der Waals surface area contributed by atoms with Gasteiger partial charge in [0, 0.05) is 5.56 Å². The highest BCUT2D eigenvalue weighted by atomic mass is 35.5. The lowest BCUT2D eigenvalue weighted by atomic mass is 10.0. The van der Waals surface area contributed by atoms with Crippen LogP contribution in [0.5, 0.6) is 5.75 Å². The van der Waals surface area contributed by atoms with E-state index in [-0.39, 0.29) is 10.8 Å². The Bertz CT molecular complexity index is 317. The molecular formula is C9H11ClFNO. The Morgan fingerprint density at radius 2 is 2.23 bits per heavy atom. The van der Waals surface area contributed by atoms with Crippen molar-refractivity contribution < 1.29 is 9.50 Å². The van der Waals surface area contributed by atoms with Crippen LogP contribution in [0.4, 0.5) is 4.39 Å². The summed E-state index contributed by atoms with van der Waals surface area (Å²) in [5.41, 5.74) is 6.64. The predicted octanol–water partition coefficient (Wildman–Crippen LogP) is 2.32. The topological polar surface area (TPSA) is 46.2 Å². The molecule has 0 fully saturated rings. The van der Waals surface area contributed by atoms with Gasteiger partial charge in [-0.1, -0.05) is 17.7 Å². The van der Waals surface area contributed by atoms with Crippen molar-refractivity contribution in [3.8, 4) is 5.75 Å². The van der Waals surface area contributed by atoms with Gasteiger partial charge in [0.15, 0.2) is 0 Å². The lowest BCUT2D eigenvalue weighted by Crippen LogP contribution is -2.12. The maximum Gasteiger partial charge on any atom is 0.139 e. The van der Waals surface area contributed by atoms with E-state index in [4.69, 9.17) is 17.3 Å². The second-order valence-corrected chi connectivity index (χ2v) is 3.35. The number of aryl methyl sites for hydroxylation is 1. The Morgan fingerprint density at radius 3 is 2.77 bits per heavy atom. The van der Waals surface area contributed by atoms with Gasteiger partial charge in [0.2, 0.25) is 0 Å². The van der Waals surface area contributed by atoms with Crippen LogP contribution in [0, 0.1) is 6.92 Å². The summed E-state index contributed by atoms with van der Waals surface area (Å²) in [4.78, 5) is 0. The van der Waals surface area contributed by atoms with E-state index >= 15 is 0 Å². The first-order chi connectivity index (χ1) is 6.06. The van der Waals surface area contributed by atoms with Crippen LogP contribution in [0.25, 0.3) is 0 Å². The van der Waals surface area contributed by atoms with Crippen LogP contribution in [-0.2, 0) is 0 Å². The molecule has 4 heteroatoms. The van der Waals surface area contributed by atoms with Gasteiger partial charge in [-0.2, -0.15) is 0 Å². The molecule has 0 aliphatic rings. The van der Waals surface area contributed by atoms with Crippen molar-refractivity contribution in [3.05, 3.63) is 28.3 Å². The molecule has 72 valence electrons. The zero-order chi connectivity index (χ0) is 10.0. The van der Waals surface area contributed by atoms with Crippen LogP contribution in [0.1, 0.15) is 17.2 Å². The predicted molar refractivity (Wildman–Crippen MR) is 50.8 cm³/mol. The Hall–Kier alpha value is -0.800. The first kappa shape index (κ1) is 10.3. The second kappa shape index (κ2) is 3.94. The number of phenols is 1. The number of phenolic OH excluding ortho intramolecular Hbond substituents is 1. The van der Waals surface area contributed by atoms with Gasteiger partial charge in [-0.15, -0.1) is 0 Å². The molecule has 1 aromatic carbocycles. The van der Waals surface area contributed by atoms with Crippen LogP contribution in [0.15, 0.2) is 12.1 Å². The Morgan fingerprint density at radius 1 is 1.62 bits per heavy atom. The number of nitrogens with two attached hydrogens (primary N) is 1. The Kier molecular flexibility index (Phi) is 3.12. The number of rotatable bonds is 2. The monoisotopic (exact) mass is 203 g/mol. The molecule has 0 aromatic heterocycles. The average Bonchev–Trinajstić information content (AvgIpc) is 2.10. The average molecular weight is 204 g/mol. The molecule has 1 aromatic rings. The van der Waals surface area contributed by atoms with E-state index in [2.05, 4.69) is 0 Å². The van der Waals surface area contributed by atoms with Gasteiger partial charge >= 0.3 is 0 Å². The highest BCUT2D eigenvalue weighted by Gasteiger charge is 2.13. The maximum atomic E-state index is 12.2. The molecule has 13 heavy (non-hydrogen) atoms. The van der Waals surface area contributed by atoms with Gasteiger partial charge in [-0.3, -0.25) is 0 Å². The molecular weight excluding hydrogens is 193 g/mol. The van der Waals surface area contributed by atoms with E-state index in [1.54, 1.807) is 19.1 Å². The zero-order valence-corrected chi connectivity index (χ0v) is 7.98. The third-order valence-electron chi connectivity index (χ3n) is 1.80. The molecule has 0 aliphatic carbocycles. The third-order valence-corrected chi connectivity index (χ3v) is 2.09. The first-order valence-corrected chi connectivity index (χ1v) is 4.24. The fourth-order valence-electron chi connectivity index (χ4n) is 1.13. The quantitative estimate of drug-likeness (QED) is 0.775. The van der Waals surface area contributed by atoms with Crippen LogP contribution in [0.2, 0.25) is 5.02 Å². The summed E-state index contributed by atoms with van der Waals surface area (Å²) >= 11 is 5.69. The molecule has 0 saturated heterocycles. The fraction of sp³-hybridized carbons (Fsp3) is 0.333. The van der Waals surface area contributed by atoms with E-state index in [1.165, 1.54) is 0 Å². The van der Waals surface area contributed by atoms with Crippen molar-refractivity contribution in [2.45, 2.75) is 13.0 Å². The van der Waals surface area contributed by atoms with Crippen molar-refractivity contribution in [3.63, 3.8) is 0 Å². The first-order valence-electron chi connectivity index (χ1n) is 3.86. The molecule has 0 saturated carbocycles. The molecule has 0 spiro atoms. The fourth-order valence-corrected chi connectivity index (χ4v) is 1.41. The SMILES string of the molecule is Cc1cc(Cl)c(O)c([C@H](N)CF)c1. The minimum absolute atomic E-state index is 0.127. The standard InChI is InChI=1S/C9H11ClFNO/c1-5-2-6(8(12)4-11)9(13)7(10)3-5/h2-3,8,13H,4,12H2,1H3/t8-/m1/s1. The van der Waals surface area contributed by atoms with E-state index in [9.17, 15) is 9.50 Å². The molecule has 3 N–H and O–H groups in total. The third kappa shape index (κ3) is 2.11. The highest BCUT2D eigenvalue weighted by molar-refractivity contribution is 6.32. The van der Waals surface area contributed by atoms with Crippen LogP contribution in [0.3, 0.4) is 0 Å². The maximum absolute atomic E-state index is 12.2. The van der Waals surface area contributed by atoms with Crippen molar-refractivity contribution in [2.75, 3.05) is 6.67 Å². The van der Waals surface area contributed by atoms with E-state index in [0.717, 1.165) is 5.56 Å². The minimum atomic E-state index is -0.808. The number of benzene rings is 1. The zero-order valence-electron chi connectivity index (χ0n) is 7.22. The molecule has 0 unspecified atom stereocenters. The summed E-state index contributed by atoms with van der Waals surface area (Å²) in [5.74, 6) is -0.127. The molecule has 0 heterocycles. The normalized spacial score (nSPS) is 12.9. The van der Waals surface area contributed by atoms with Gasteiger partial charge in [0.05, 0.1) is 11.1 Å². The highest BCUT2D eigenvalue weighted by Crippen LogP contribution is 2.32. The summed E-state index contributed by atoms with van der Waals surface area (Å²) in [6.45, 7) is 1.09. The molecule has 1 atom stereocenters. The summed E-state index contributed by atoms with van der Waals surface area (Å²) < 4.78 is 12.2. The van der Waals surface area contributed by atoms with Gasteiger partial charge in [0.1, 0.15) is 12.4 Å². The Labute approximate surface area is 81.1 Å². The van der Waals surface area contributed by atoms with E-state index in [0.29, 0.717) is 5.56 Å². The van der Waals surface area contributed by atoms with Gasteiger partial charge in [0.25, 0.3) is 0 Å². The molecule has 0 aliphatic heterocycles. The van der Waals surface area contributed by atoms with Crippen molar-refractivity contribution >= 4 is 11.6 Å². The molecule has 0 amide bonds. The van der Waals surface area contributed by atoms with Gasteiger partial charge in [-0.25, -0.2) is 4.39 Å². The minimum Gasteiger partial charge on any atom is -0.506 e. The summed E-state index contributed by atoms with van der Waals surface area (Å²) in [6.07, 6.45) is 0. The van der Waals surface area contributed by atoms with E-state index < -0.39 is 12.7 Å². The van der Waals surface area contributed by atoms with Crippen LogP contribution in [-0.4, -0.2) is 11.8 Å². The smallest absolute Gasteiger partial charge is 0.139 e. The summed E-state index contributed by atoms with van der Waals surface area (Å²) in [6, 6.07) is 2.42. The van der Waals surface area contributed by atoms with Crippen molar-refractivity contribution in [1.82, 2.24) is 0 Å². The number of alkyl halides is 1. The van der Waals surface area contributed by atoms with Gasteiger partial charge in [-0.05, 0) is 18.6 Å². The number of aromatic hydroxyl groups is 1. The molecule has 1 rings (SSSR count). The summed E-state index contributed by atoms with van der Waals surface area (Å²) in [5, 5.41) is 9.65. The van der Waals surface area contributed by atoms with E-state index in [1.807, 2.05) is 0 Å². The number of halogens is 2. The largest absolute Gasteiger partial charge is 0.506 e. The Balaban J connectivity index is 3.20. The molecule has 2 nitrogen and oxygen atoms in total. The van der Waals surface area contributed by atoms with Crippen LogP contribution >= 0.6 is 11.6 Å². The molecule has 0 radical (unpaired) electrons. The summed E-state index contributed by atoms with van der Waals surface area (Å²) in [7, 11) is 0.